The Morgan fingerprint density at radius 1 is 1.50 bits per heavy atom. The average Bonchev–Trinajstić information content (AvgIpc) is 2.18. The van der Waals surface area contributed by atoms with Gasteiger partial charge >= 0.3 is 0 Å². The van der Waals surface area contributed by atoms with Crippen molar-refractivity contribution in [2.24, 2.45) is 0 Å². The molecule has 14 heavy (non-hydrogen) atoms. The zero-order chi connectivity index (χ0) is 10.2. The summed E-state index contributed by atoms with van der Waals surface area (Å²) in [6.07, 6.45) is 5.04. The van der Waals surface area contributed by atoms with Crippen LogP contribution in [0.3, 0.4) is 0 Å². The van der Waals surface area contributed by atoms with Crippen molar-refractivity contribution in [3.05, 3.63) is 30.1 Å². The molecular formula is C11H12FNO. The van der Waals surface area contributed by atoms with Crippen LogP contribution in [0, 0.1) is 18.2 Å². The monoisotopic (exact) mass is 193 g/mol. The minimum atomic E-state index is -0.293. The topological polar surface area (TPSA) is 21.3 Å². The Morgan fingerprint density at radius 3 is 3.07 bits per heavy atom. The SMILES string of the molecule is C#CCNCCOc1cccc(F)c1. The molecule has 0 radical (unpaired) electrons. The van der Waals surface area contributed by atoms with Crippen LogP contribution in [0.1, 0.15) is 0 Å². The van der Waals surface area contributed by atoms with Gasteiger partial charge in [0.2, 0.25) is 0 Å². The van der Waals surface area contributed by atoms with Crippen molar-refractivity contribution in [3.63, 3.8) is 0 Å². The summed E-state index contributed by atoms with van der Waals surface area (Å²) in [5.41, 5.74) is 0. The van der Waals surface area contributed by atoms with Gasteiger partial charge in [0, 0.05) is 12.6 Å². The van der Waals surface area contributed by atoms with Crippen LogP contribution in [0.25, 0.3) is 0 Å². The molecule has 1 N–H and O–H groups in total. The fraction of sp³-hybridized carbons (Fsp3) is 0.273. The molecule has 3 heteroatoms. The van der Waals surface area contributed by atoms with Crippen molar-refractivity contribution in [2.75, 3.05) is 19.7 Å². The van der Waals surface area contributed by atoms with E-state index in [9.17, 15) is 4.39 Å². The molecule has 1 rings (SSSR count). The number of terminal acetylenes is 1. The molecule has 0 aliphatic heterocycles. The number of hydrogen-bond donors (Lipinski definition) is 1. The molecule has 0 aliphatic rings. The van der Waals surface area contributed by atoms with Crippen LogP contribution in [-0.4, -0.2) is 19.7 Å². The molecule has 0 amide bonds. The Morgan fingerprint density at radius 2 is 2.36 bits per heavy atom. The minimum Gasteiger partial charge on any atom is -0.492 e. The van der Waals surface area contributed by atoms with E-state index in [0.717, 1.165) is 0 Å². The van der Waals surface area contributed by atoms with Gasteiger partial charge in [-0.05, 0) is 12.1 Å². The van der Waals surface area contributed by atoms with Gasteiger partial charge in [0.05, 0.1) is 6.54 Å². The Balaban J connectivity index is 2.22. The lowest BCUT2D eigenvalue weighted by Crippen LogP contribution is -2.21. The van der Waals surface area contributed by atoms with E-state index in [1.54, 1.807) is 12.1 Å². The molecule has 0 aromatic heterocycles. The second-order valence-electron chi connectivity index (χ2n) is 2.69. The molecule has 74 valence electrons. The largest absolute Gasteiger partial charge is 0.492 e. The van der Waals surface area contributed by atoms with Gasteiger partial charge in [-0.2, -0.15) is 0 Å². The predicted molar refractivity (Wildman–Crippen MR) is 53.6 cm³/mol. The Bertz CT molecular complexity index is 319. The maximum absolute atomic E-state index is 12.7. The lowest BCUT2D eigenvalue weighted by Gasteiger charge is -2.05. The summed E-state index contributed by atoms with van der Waals surface area (Å²) in [5.74, 6) is 2.69. The second kappa shape index (κ2) is 6.01. The number of halogens is 1. The Labute approximate surface area is 83.1 Å². The van der Waals surface area contributed by atoms with Gasteiger partial charge in [-0.25, -0.2) is 4.39 Å². The van der Waals surface area contributed by atoms with E-state index >= 15 is 0 Å². The van der Waals surface area contributed by atoms with Crippen molar-refractivity contribution < 1.29 is 9.13 Å². The third kappa shape index (κ3) is 3.92. The standard InChI is InChI=1S/C11H12FNO/c1-2-6-13-7-8-14-11-5-3-4-10(12)9-11/h1,3-5,9,13H,6-8H2. The Kier molecular flexibility index (Phi) is 4.53. The van der Waals surface area contributed by atoms with E-state index in [2.05, 4.69) is 11.2 Å². The van der Waals surface area contributed by atoms with Gasteiger partial charge < -0.3 is 10.1 Å². The van der Waals surface area contributed by atoms with Crippen LogP contribution in [-0.2, 0) is 0 Å². The minimum absolute atomic E-state index is 0.293. The maximum Gasteiger partial charge on any atom is 0.126 e. The first-order valence-corrected chi connectivity index (χ1v) is 4.35. The third-order valence-corrected chi connectivity index (χ3v) is 1.57. The van der Waals surface area contributed by atoms with E-state index in [0.29, 0.717) is 25.4 Å². The molecule has 0 spiro atoms. The average molecular weight is 193 g/mol. The highest BCUT2D eigenvalue weighted by Crippen LogP contribution is 2.11. The first-order chi connectivity index (χ1) is 6.83. The van der Waals surface area contributed by atoms with Crippen molar-refractivity contribution in [2.45, 2.75) is 0 Å². The first-order valence-electron chi connectivity index (χ1n) is 4.35. The van der Waals surface area contributed by atoms with Gasteiger partial charge in [0.1, 0.15) is 18.2 Å². The highest BCUT2D eigenvalue weighted by Gasteiger charge is 1.94. The van der Waals surface area contributed by atoms with Crippen LogP contribution >= 0.6 is 0 Å². The molecule has 0 aliphatic carbocycles. The summed E-state index contributed by atoms with van der Waals surface area (Å²) in [7, 11) is 0. The van der Waals surface area contributed by atoms with E-state index < -0.39 is 0 Å². The summed E-state index contributed by atoms with van der Waals surface area (Å²) in [5, 5.41) is 2.97. The molecule has 0 saturated heterocycles. The van der Waals surface area contributed by atoms with Gasteiger partial charge in [-0.1, -0.05) is 12.0 Å². The van der Waals surface area contributed by atoms with Gasteiger partial charge in [-0.3, -0.25) is 0 Å². The summed E-state index contributed by atoms with van der Waals surface area (Å²) < 4.78 is 17.9. The zero-order valence-electron chi connectivity index (χ0n) is 7.79. The number of benzene rings is 1. The van der Waals surface area contributed by atoms with Crippen LogP contribution in [0.15, 0.2) is 24.3 Å². The third-order valence-electron chi connectivity index (χ3n) is 1.57. The number of hydrogen-bond acceptors (Lipinski definition) is 2. The fourth-order valence-electron chi connectivity index (χ4n) is 0.958. The van der Waals surface area contributed by atoms with Gasteiger partial charge in [0.25, 0.3) is 0 Å². The first kappa shape index (κ1) is 10.6. The molecule has 1 aromatic rings. The van der Waals surface area contributed by atoms with Crippen molar-refractivity contribution >= 4 is 0 Å². The molecule has 0 saturated carbocycles. The highest BCUT2D eigenvalue weighted by molar-refractivity contribution is 5.22. The molecule has 0 bridgehead atoms. The summed E-state index contributed by atoms with van der Waals surface area (Å²) in [4.78, 5) is 0. The summed E-state index contributed by atoms with van der Waals surface area (Å²) in [6.45, 7) is 1.65. The Hall–Kier alpha value is -1.53. The van der Waals surface area contributed by atoms with Crippen LogP contribution < -0.4 is 10.1 Å². The van der Waals surface area contributed by atoms with E-state index in [1.807, 2.05) is 0 Å². The quantitative estimate of drug-likeness (QED) is 0.564. The lowest BCUT2D eigenvalue weighted by atomic mass is 10.3. The maximum atomic E-state index is 12.7. The molecular weight excluding hydrogens is 181 g/mol. The smallest absolute Gasteiger partial charge is 0.126 e. The molecule has 0 unspecified atom stereocenters. The van der Waals surface area contributed by atoms with Crippen molar-refractivity contribution in [1.82, 2.24) is 5.32 Å². The zero-order valence-corrected chi connectivity index (χ0v) is 7.79. The molecule has 0 fully saturated rings. The molecule has 0 heterocycles. The number of rotatable bonds is 5. The highest BCUT2D eigenvalue weighted by atomic mass is 19.1. The van der Waals surface area contributed by atoms with E-state index in [4.69, 9.17) is 11.2 Å². The number of ether oxygens (including phenoxy) is 1. The van der Waals surface area contributed by atoms with Crippen LogP contribution in [0.4, 0.5) is 4.39 Å². The van der Waals surface area contributed by atoms with Crippen LogP contribution in [0.2, 0.25) is 0 Å². The lowest BCUT2D eigenvalue weighted by molar-refractivity contribution is 0.315. The van der Waals surface area contributed by atoms with E-state index in [-0.39, 0.29) is 5.82 Å². The molecule has 1 aromatic carbocycles. The summed E-state index contributed by atoms with van der Waals surface area (Å²) in [6, 6.07) is 6.05. The van der Waals surface area contributed by atoms with Crippen LogP contribution in [0.5, 0.6) is 5.75 Å². The molecule has 0 atom stereocenters. The normalized spacial score (nSPS) is 9.43. The van der Waals surface area contributed by atoms with E-state index in [1.165, 1.54) is 12.1 Å². The van der Waals surface area contributed by atoms with Crippen molar-refractivity contribution in [1.29, 1.82) is 0 Å². The molecule has 2 nitrogen and oxygen atoms in total. The van der Waals surface area contributed by atoms with Gasteiger partial charge in [0.15, 0.2) is 0 Å². The second-order valence-corrected chi connectivity index (χ2v) is 2.69. The van der Waals surface area contributed by atoms with Gasteiger partial charge in [-0.15, -0.1) is 6.42 Å². The summed E-state index contributed by atoms with van der Waals surface area (Å²) >= 11 is 0. The van der Waals surface area contributed by atoms with Crippen molar-refractivity contribution in [3.8, 4) is 18.1 Å². The predicted octanol–water partition coefficient (Wildman–Crippen LogP) is 1.43. The fourth-order valence-corrected chi connectivity index (χ4v) is 0.958. The number of nitrogens with one attached hydrogen (secondary N) is 1.